The van der Waals surface area contributed by atoms with Gasteiger partial charge >= 0.3 is 0 Å². The summed E-state index contributed by atoms with van der Waals surface area (Å²) in [6, 6.07) is 9.49. The Kier molecular flexibility index (Phi) is 3.96. The molecule has 21 heavy (non-hydrogen) atoms. The van der Waals surface area contributed by atoms with Crippen LogP contribution in [-0.4, -0.2) is 29.3 Å². The van der Waals surface area contributed by atoms with Gasteiger partial charge in [0, 0.05) is 17.0 Å². The zero-order valence-electron chi connectivity index (χ0n) is 11.6. The highest BCUT2D eigenvalue weighted by molar-refractivity contribution is 6.31. The molecular weight excluding hydrogens is 286 g/mol. The zero-order chi connectivity index (χ0) is 14.8. The highest BCUT2D eigenvalue weighted by Gasteiger charge is 2.23. The normalized spacial score (nSPS) is 18.7. The standard InChI is InChI=1S/C16H16ClN3O/c17-12-4-5-15-14(8-12)11(9-18)7-16(19-15)20-6-2-1-3-13(20)10-21/h4-5,7-8,13,21H,1-3,6,10H2/t13-/m0/s1. The van der Waals surface area contributed by atoms with E-state index >= 15 is 0 Å². The van der Waals surface area contributed by atoms with Gasteiger partial charge in [-0.05, 0) is 43.5 Å². The second kappa shape index (κ2) is 5.88. The van der Waals surface area contributed by atoms with Gasteiger partial charge in [0.15, 0.2) is 0 Å². The van der Waals surface area contributed by atoms with Crippen LogP contribution in [0.3, 0.4) is 0 Å². The maximum absolute atomic E-state index is 9.55. The summed E-state index contributed by atoms with van der Waals surface area (Å²) in [6.45, 7) is 0.977. The number of anilines is 1. The number of aromatic nitrogens is 1. The molecule has 0 radical (unpaired) electrons. The van der Waals surface area contributed by atoms with Crippen LogP contribution < -0.4 is 4.90 Å². The van der Waals surface area contributed by atoms with Crippen LogP contribution in [0.2, 0.25) is 5.02 Å². The second-order valence-electron chi connectivity index (χ2n) is 5.33. The average molecular weight is 302 g/mol. The highest BCUT2D eigenvalue weighted by atomic mass is 35.5. The largest absolute Gasteiger partial charge is 0.394 e. The van der Waals surface area contributed by atoms with Crippen LogP contribution in [-0.2, 0) is 0 Å². The van der Waals surface area contributed by atoms with Crippen molar-refractivity contribution in [2.24, 2.45) is 0 Å². The first-order valence-corrected chi connectivity index (χ1v) is 7.48. The minimum Gasteiger partial charge on any atom is -0.394 e. The van der Waals surface area contributed by atoms with Crippen molar-refractivity contribution in [3.05, 3.63) is 34.9 Å². The fraction of sp³-hybridized carbons (Fsp3) is 0.375. The summed E-state index contributed by atoms with van der Waals surface area (Å²) in [4.78, 5) is 6.76. The first-order chi connectivity index (χ1) is 10.2. The molecule has 3 rings (SSSR count). The molecule has 1 atom stereocenters. The Morgan fingerprint density at radius 2 is 2.24 bits per heavy atom. The fourth-order valence-corrected chi connectivity index (χ4v) is 3.09. The van der Waals surface area contributed by atoms with Crippen molar-refractivity contribution >= 4 is 28.3 Å². The topological polar surface area (TPSA) is 60.2 Å². The average Bonchev–Trinajstić information content (AvgIpc) is 2.53. The number of halogens is 1. The van der Waals surface area contributed by atoms with Crippen molar-refractivity contribution in [3.8, 4) is 6.07 Å². The number of benzene rings is 1. The number of aliphatic hydroxyl groups is 1. The SMILES string of the molecule is N#Cc1cc(N2CCCC[C@H]2CO)nc2ccc(Cl)cc12. The van der Waals surface area contributed by atoms with Gasteiger partial charge in [0.25, 0.3) is 0 Å². The molecule has 1 aromatic carbocycles. The van der Waals surface area contributed by atoms with E-state index in [1.165, 1.54) is 0 Å². The summed E-state index contributed by atoms with van der Waals surface area (Å²) in [5.74, 6) is 0.764. The third-order valence-corrected chi connectivity index (χ3v) is 4.24. The van der Waals surface area contributed by atoms with Gasteiger partial charge in [-0.2, -0.15) is 5.26 Å². The quantitative estimate of drug-likeness (QED) is 0.926. The van der Waals surface area contributed by atoms with Crippen molar-refractivity contribution in [3.63, 3.8) is 0 Å². The highest BCUT2D eigenvalue weighted by Crippen LogP contribution is 2.28. The first-order valence-electron chi connectivity index (χ1n) is 7.11. The number of hydrogen-bond donors (Lipinski definition) is 1. The zero-order valence-corrected chi connectivity index (χ0v) is 12.3. The van der Waals surface area contributed by atoms with Crippen molar-refractivity contribution in [1.82, 2.24) is 4.98 Å². The van der Waals surface area contributed by atoms with E-state index in [9.17, 15) is 10.4 Å². The molecule has 1 aliphatic rings. The molecule has 2 aromatic rings. The van der Waals surface area contributed by atoms with Crippen molar-refractivity contribution in [1.29, 1.82) is 5.26 Å². The number of pyridine rings is 1. The Labute approximate surface area is 128 Å². The van der Waals surface area contributed by atoms with Crippen LogP contribution in [0.15, 0.2) is 24.3 Å². The van der Waals surface area contributed by atoms with Gasteiger partial charge in [-0.1, -0.05) is 11.6 Å². The lowest BCUT2D eigenvalue weighted by Gasteiger charge is -2.35. The minimum atomic E-state index is 0.0857. The van der Waals surface area contributed by atoms with Crippen LogP contribution in [0, 0.1) is 11.3 Å². The summed E-state index contributed by atoms with van der Waals surface area (Å²) in [6.07, 6.45) is 3.16. The number of hydrogen-bond acceptors (Lipinski definition) is 4. The van der Waals surface area contributed by atoms with E-state index < -0.39 is 0 Å². The lowest BCUT2D eigenvalue weighted by Crippen LogP contribution is -2.42. The number of rotatable bonds is 2. The van der Waals surface area contributed by atoms with Gasteiger partial charge in [0.1, 0.15) is 5.82 Å². The smallest absolute Gasteiger partial charge is 0.130 e. The summed E-state index contributed by atoms with van der Waals surface area (Å²) >= 11 is 6.00. The molecule has 0 aliphatic carbocycles. The number of piperidine rings is 1. The van der Waals surface area contributed by atoms with Gasteiger partial charge < -0.3 is 10.0 Å². The molecule has 108 valence electrons. The number of aliphatic hydroxyl groups excluding tert-OH is 1. The number of nitrogens with zero attached hydrogens (tertiary/aromatic N) is 3. The Hall–Kier alpha value is -1.83. The van der Waals surface area contributed by atoms with Gasteiger partial charge in [0.2, 0.25) is 0 Å². The molecule has 1 N–H and O–H groups in total. The molecule has 0 unspecified atom stereocenters. The monoisotopic (exact) mass is 301 g/mol. The van der Waals surface area contributed by atoms with E-state index in [0.29, 0.717) is 10.6 Å². The Balaban J connectivity index is 2.11. The van der Waals surface area contributed by atoms with Crippen molar-refractivity contribution in [2.75, 3.05) is 18.1 Å². The molecule has 5 heteroatoms. The molecule has 2 heterocycles. The first kappa shape index (κ1) is 14.1. The summed E-state index contributed by atoms with van der Waals surface area (Å²) in [5, 5.41) is 20.3. The predicted octanol–water partition coefficient (Wildman–Crippen LogP) is 3.11. The van der Waals surface area contributed by atoms with Crippen molar-refractivity contribution in [2.45, 2.75) is 25.3 Å². The summed E-state index contributed by atoms with van der Waals surface area (Å²) < 4.78 is 0. The maximum Gasteiger partial charge on any atom is 0.130 e. The molecule has 1 aliphatic heterocycles. The van der Waals surface area contributed by atoms with Crippen LogP contribution in [0.25, 0.3) is 10.9 Å². The third-order valence-electron chi connectivity index (χ3n) is 4.01. The fourth-order valence-electron chi connectivity index (χ4n) is 2.92. The molecule has 0 bridgehead atoms. The van der Waals surface area contributed by atoms with Crippen LogP contribution >= 0.6 is 11.6 Å². The van der Waals surface area contributed by atoms with Gasteiger partial charge in [0.05, 0.1) is 29.8 Å². The van der Waals surface area contributed by atoms with E-state index in [0.717, 1.165) is 42.5 Å². The molecule has 1 saturated heterocycles. The van der Waals surface area contributed by atoms with E-state index in [-0.39, 0.29) is 12.6 Å². The molecule has 4 nitrogen and oxygen atoms in total. The molecule has 1 fully saturated rings. The van der Waals surface area contributed by atoms with E-state index in [2.05, 4.69) is 16.0 Å². The minimum absolute atomic E-state index is 0.0857. The molecule has 0 amide bonds. The molecule has 1 aromatic heterocycles. The maximum atomic E-state index is 9.55. The Bertz CT molecular complexity index is 710. The molecular formula is C16H16ClN3O. The van der Waals surface area contributed by atoms with Gasteiger partial charge in [-0.15, -0.1) is 0 Å². The van der Waals surface area contributed by atoms with E-state index in [4.69, 9.17) is 11.6 Å². The summed E-state index contributed by atoms with van der Waals surface area (Å²) in [5.41, 5.74) is 1.33. The van der Waals surface area contributed by atoms with E-state index in [1.54, 1.807) is 18.2 Å². The van der Waals surface area contributed by atoms with Gasteiger partial charge in [-0.25, -0.2) is 4.98 Å². The molecule has 0 spiro atoms. The Morgan fingerprint density at radius 1 is 1.38 bits per heavy atom. The van der Waals surface area contributed by atoms with E-state index in [1.807, 2.05) is 6.07 Å². The number of nitriles is 1. The molecule has 0 saturated carbocycles. The van der Waals surface area contributed by atoms with Crippen LogP contribution in [0.5, 0.6) is 0 Å². The third kappa shape index (κ3) is 2.67. The summed E-state index contributed by atoms with van der Waals surface area (Å²) in [7, 11) is 0. The predicted molar refractivity (Wildman–Crippen MR) is 83.5 cm³/mol. The Morgan fingerprint density at radius 3 is 3.00 bits per heavy atom. The second-order valence-corrected chi connectivity index (χ2v) is 5.76. The lowest BCUT2D eigenvalue weighted by atomic mass is 10.0. The number of fused-ring (bicyclic) bond motifs is 1. The lowest BCUT2D eigenvalue weighted by molar-refractivity contribution is 0.239. The van der Waals surface area contributed by atoms with Gasteiger partial charge in [-0.3, -0.25) is 0 Å². The van der Waals surface area contributed by atoms with Crippen molar-refractivity contribution < 1.29 is 5.11 Å². The van der Waals surface area contributed by atoms with Crippen LogP contribution in [0.1, 0.15) is 24.8 Å². The van der Waals surface area contributed by atoms with Crippen LogP contribution in [0.4, 0.5) is 5.82 Å².